The van der Waals surface area contributed by atoms with E-state index in [9.17, 15) is 0 Å². The van der Waals surface area contributed by atoms with E-state index in [4.69, 9.17) is 10.8 Å². The van der Waals surface area contributed by atoms with E-state index in [-0.39, 0.29) is 12.6 Å². The molecular formula is C9H11N3O. The Hall–Kier alpha value is -1.39. The SMILES string of the molecule is NC(CO)c1ccn2nccc2c1. The Morgan fingerprint density at radius 2 is 2.38 bits per heavy atom. The van der Waals surface area contributed by atoms with Crippen molar-refractivity contribution in [3.05, 3.63) is 36.2 Å². The lowest BCUT2D eigenvalue weighted by atomic mass is 10.1. The number of aliphatic hydroxyl groups excluding tert-OH is 1. The van der Waals surface area contributed by atoms with Crippen molar-refractivity contribution in [2.24, 2.45) is 5.73 Å². The van der Waals surface area contributed by atoms with Crippen molar-refractivity contribution in [2.45, 2.75) is 6.04 Å². The largest absolute Gasteiger partial charge is 0.394 e. The highest BCUT2D eigenvalue weighted by Gasteiger charge is 2.04. The molecule has 0 aliphatic carbocycles. The molecule has 4 nitrogen and oxygen atoms in total. The molecule has 0 bridgehead atoms. The third-order valence-corrected chi connectivity index (χ3v) is 2.05. The Labute approximate surface area is 75.6 Å². The van der Waals surface area contributed by atoms with Crippen LogP contribution < -0.4 is 5.73 Å². The Bertz CT molecular complexity index is 410. The van der Waals surface area contributed by atoms with Gasteiger partial charge in [-0.3, -0.25) is 0 Å². The summed E-state index contributed by atoms with van der Waals surface area (Å²) in [6, 6.07) is 5.38. The van der Waals surface area contributed by atoms with Crippen LogP contribution in [0.4, 0.5) is 0 Å². The van der Waals surface area contributed by atoms with Crippen molar-refractivity contribution in [2.75, 3.05) is 6.61 Å². The number of hydrogen-bond acceptors (Lipinski definition) is 3. The summed E-state index contributed by atoms with van der Waals surface area (Å²) in [6.07, 6.45) is 3.56. The molecule has 0 saturated carbocycles. The molecule has 13 heavy (non-hydrogen) atoms. The minimum Gasteiger partial charge on any atom is -0.394 e. The first kappa shape index (κ1) is 8.22. The lowest BCUT2D eigenvalue weighted by Crippen LogP contribution is -2.14. The standard InChI is InChI=1S/C9H11N3O/c10-9(6-13)7-2-4-12-8(5-7)1-3-11-12/h1-5,9,13H,6,10H2. The number of rotatable bonds is 2. The number of aliphatic hydroxyl groups is 1. The van der Waals surface area contributed by atoms with Gasteiger partial charge in [0, 0.05) is 12.4 Å². The molecular weight excluding hydrogens is 166 g/mol. The van der Waals surface area contributed by atoms with Crippen LogP contribution in [0.2, 0.25) is 0 Å². The molecule has 3 N–H and O–H groups in total. The summed E-state index contributed by atoms with van der Waals surface area (Å²) in [5.41, 5.74) is 7.59. The van der Waals surface area contributed by atoms with Crippen molar-refractivity contribution in [3.8, 4) is 0 Å². The summed E-state index contributed by atoms with van der Waals surface area (Å²) in [5, 5.41) is 12.9. The summed E-state index contributed by atoms with van der Waals surface area (Å²) >= 11 is 0. The summed E-state index contributed by atoms with van der Waals surface area (Å²) in [6.45, 7) is -0.0374. The number of hydrogen-bond donors (Lipinski definition) is 2. The highest BCUT2D eigenvalue weighted by Crippen LogP contribution is 2.12. The van der Waals surface area contributed by atoms with Crippen LogP contribution in [0.3, 0.4) is 0 Å². The minimum atomic E-state index is -0.306. The highest BCUT2D eigenvalue weighted by molar-refractivity contribution is 5.48. The van der Waals surface area contributed by atoms with Gasteiger partial charge in [-0.15, -0.1) is 0 Å². The van der Waals surface area contributed by atoms with Crippen molar-refractivity contribution < 1.29 is 5.11 Å². The number of fused-ring (bicyclic) bond motifs is 1. The summed E-state index contributed by atoms with van der Waals surface area (Å²) in [5.74, 6) is 0. The third kappa shape index (κ3) is 1.41. The molecule has 0 fully saturated rings. The zero-order valence-corrected chi connectivity index (χ0v) is 7.09. The quantitative estimate of drug-likeness (QED) is 0.694. The first-order valence-electron chi connectivity index (χ1n) is 4.11. The molecule has 0 aliphatic rings. The van der Waals surface area contributed by atoms with Crippen LogP contribution in [0.5, 0.6) is 0 Å². The van der Waals surface area contributed by atoms with E-state index in [1.165, 1.54) is 0 Å². The van der Waals surface area contributed by atoms with Crippen molar-refractivity contribution in [1.82, 2.24) is 9.61 Å². The normalized spacial score (nSPS) is 13.4. The molecule has 0 aliphatic heterocycles. The van der Waals surface area contributed by atoms with Gasteiger partial charge < -0.3 is 10.8 Å². The second-order valence-corrected chi connectivity index (χ2v) is 2.95. The van der Waals surface area contributed by atoms with Gasteiger partial charge in [0.1, 0.15) is 0 Å². The van der Waals surface area contributed by atoms with Gasteiger partial charge in [0.25, 0.3) is 0 Å². The molecule has 0 amide bonds. The second kappa shape index (κ2) is 3.16. The topological polar surface area (TPSA) is 63.5 Å². The molecule has 0 radical (unpaired) electrons. The van der Waals surface area contributed by atoms with Crippen molar-refractivity contribution >= 4 is 5.52 Å². The van der Waals surface area contributed by atoms with E-state index in [1.54, 1.807) is 10.7 Å². The fourth-order valence-electron chi connectivity index (χ4n) is 1.27. The van der Waals surface area contributed by atoms with E-state index in [0.29, 0.717) is 0 Å². The van der Waals surface area contributed by atoms with Crippen molar-refractivity contribution in [1.29, 1.82) is 0 Å². The molecule has 2 aromatic heterocycles. The lowest BCUT2D eigenvalue weighted by molar-refractivity contribution is 0.268. The van der Waals surface area contributed by atoms with E-state index >= 15 is 0 Å². The van der Waals surface area contributed by atoms with Crippen LogP contribution in [-0.2, 0) is 0 Å². The first-order valence-corrected chi connectivity index (χ1v) is 4.11. The molecule has 1 atom stereocenters. The Morgan fingerprint density at radius 1 is 1.54 bits per heavy atom. The Morgan fingerprint density at radius 3 is 3.15 bits per heavy atom. The average molecular weight is 177 g/mol. The van der Waals surface area contributed by atoms with E-state index in [2.05, 4.69) is 5.10 Å². The predicted octanol–water partition coefficient (Wildman–Crippen LogP) is 0.326. The zero-order valence-electron chi connectivity index (χ0n) is 7.09. The molecule has 2 aromatic rings. The molecule has 4 heteroatoms. The number of nitrogens with two attached hydrogens (primary N) is 1. The Kier molecular flexibility index (Phi) is 2.00. The second-order valence-electron chi connectivity index (χ2n) is 2.95. The van der Waals surface area contributed by atoms with Gasteiger partial charge in [-0.05, 0) is 23.8 Å². The maximum atomic E-state index is 8.86. The van der Waals surface area contributed by atoms with E-state index in [1.807, 2.05) is 24.4 Å². The van der Waals surface area contributed by atoms with E-state index in [0.717, 1.165) is 11.1 Å². The molecule has 0 spiro atoms. The molecule has 0 aromatic carbocycles. The van der Waals surface area contributed by atoms with Crippen LogP contribution in [0.15, 0.2) is 30.6 Å². The van der Waals surface area contributed by atoms with Gasteiger partial charge in [-0.25, -0.2) is 4.52 Å². The van der Waals surface area contributed by atoms with Gasteiger partial charge >= 0.3 is 0 Å². The summed E-state index contributed by atoms with van der Waals surface area (Å²) in [4.78, 5) is 0. The predicted molar refractivity (Wildman–Crippen MR) is 49.2 cm³/mol. The van der Waals surface area contributed by atoms with Crippen LogP contribution in [0.25, 0.3) is 5.52 Å². The number of aromatic nitrogens is 2. The van der Waals surface area contributed by atoms with Gasteiger partial charge in [0.05, 0.1) is 18.2 Å². The van der Waals surface area contributed by atoms with Crippen LogP contribution in [-0.4, -0.2) is 21.3 Å². The smallest absolute Gasteiger partial charge is 0.0664 e. The average Bonchev–Trinajstić information content (AvgIpc) is 2.63. The van der Waals surface area contributed by atoms with Gasteiger partial charge in [-0.1, -0.05) is 0 Å². The maximum absolute atomic E-state index is 8.86. The lowest BCUT2D eigenvalue weighted by Gasteiger charge is -2.07. The highest BCUT2D eigenvalue weighted by atomic mass is 16.3. The third-order valence-electron chi connectivity index (χ3n) is 2.05. The van der Waals surface area contributed by atoms with Gasteiger partial charge in [-0.2, -0.15) is 5.10 Å². The van der Waals surface area contributed by atoms with Crippen molar-refractivity contribution in [3.63, 3.8) is 0 Å². The number of nitrogens with zero attached hydrogens (tertiary/aromatic N) is 2. The molecule has 0 saturated heterocycles. The molecule has 1 unspecified atom stereocenters. The van der Waals surface area contributed by atoms with Crippen LogP contribution >= 0.6 is 0 Å². The fourth-order valence-corrected chi connectivity index (χ4v) is 1.27. The fraction of sp³-hybridized carbons (Fsp3) is 0.222. The molecule has 2 heterocycles. The van der Waals surface area contributed by atoms with Crippen LogP contribution in [0, 0.1) is 0 Å². The number of pyridine rings is 1. The molecule has 2 rings (SSSR count). The zero-order chi connectivity index (χ0) is 9.26. The van der Waals surface area contributed by atoms with Crippen LogP contribution in [0.1, 0.15) is 11.6 Å². The monoisotopic (exact) mass is 177 g/mol. The Balaban J connectivity index is 2.48. The maximum Gasteiger partial charge on any atom is 0.0664 e. The van der Waals surface area contributed by atoms with Gasteiger partial charge in [0.2, 0.25) is 0 Å². The minimum absolute atomic E-state index is 0.0374. The summed E-state index contributed by atoms with van der Waals surface area (Å²) in [7, 11) is 0. The van der Waals surface area contributed by atoms with E-state index < -0.39 is 0 Å². The van der Waals surface area contributed by atoms with Gasteiger partial charge in [0.15, 0.2) is 0 Å². The molecule has 68 valence electrons. The first-order chi connectivity index (χ1) is 6.31. The summed E-state index contributed by atoms with van der Waals surface area (Å²) < 4.78 is 1.76.